The molecule has 1 aliphatic rings. The molecular weight excluding hydrogens is 274 g/mol. The van der Waals surface area contributed by atoms with Gasteiger partial charge in [0.1, 0.15) is 5.75 Å². The second kappa shape index (κ2) is 6.60. The molecule has 22 heavy (non-hydrogen) atoms. The van der Waals surface area contributed by atoms with Crippen LogP contribution in [0, 0.1) is 5.92 Å². The van der Waals surface area contributed by atoms with E-state index in [0.717, 1.165) is 35.7 Å². The van der Waals surface area contributed by atoms with Crippen molar-refractivity contribution in [2.75, 3.05) is 18.2 Å². The predicted molar refractivity (Wildman–Crippen MR) is 89.5 cm³/mol. The van der Waals surface area contributed by atoms with Gasteiger partial charge in [-0.25, -0.2) is 0 Å². The zero-order valence-electron chi connectivity index (χ0n) is 13.1. The molecule has 1 unspecified atom stereocenters. The molecule has 1 aromatic heterocycles. The van der Waals surface area contributed by atoms with Gasteiger partial charge in [-0.2, -0.15) is 5.10 Å². The molecule has 0 radical (unpaired) electrons. The molecule has 0 fully saturated rings. The van der Waals surface area contributed by atoms with Gasteiger partial charge in [0, 0.05) is 23.9 Å². The Morgan fingerprint density at radius 1 is 1.18 bits per heavy atom. The van der Waals surface area contributed by atoms with Crippen molar-refractivity contribution in [3.8, 4) is 5.75 Å². The lowest BCUT2D eigenvalue weighted by molar-refractivity contribution is 0.340. The first-order valence-electron chi connectivity index (χ1n) is 7.81. The molecule has 0 saturated heterocycles. The van der Waals surface area contributed by atoms with Gasteiger partial charge in [-0.05, 0) is 49.7 Å². The van der Waals surface area contributed by atoms with Gasteiger partial charge < -0.3 is 4.74 Å². The number of aromatic nitrogens is 1. The van der Waals surface area contributed by atoms with Crippen molar-refractivity contribution in [3.63, 3.8) is 0 Å². The van der Waals surface area contributed by atoms with Crippen molar-refractivity contribution < 1.29 is 4.74 Å². The standard InChI is InChI=1S/C18H21N3O/c1-3-14-13-21(16-7-9-17(10-8-16)22-4-2)20-18(14)15-6-5-11-19-12-15/h5-12,14H,3-4,13H2,1-2H3. The van der Waals surface area contributed by atoms with E-state index >= 15 is 0 Å². The van der Waals surface area contributed by atoms with Crippen LogP contribution in [-0.2, 0) is 0 Å². The number of ether oxygens (including phenoxy) is 1. The van der Waals surface area contributed by atoms with Crippen molar-refractivity contribution in [1.82, 2.24) is 4.98 Å². The zero-order chi connectivity index (χ0) is 15.4. The van der Waals surface area contributed by atoms with Crippen LogP contribution in [0.1, 0.15) is 25.8 Å². The quantitative estimate of drug-likeness (QED) is 0.843. The van der Waals surface area contributed by atoms with Crippen LogP contribution < -0.4 is 9.75 Å². The van der Waals surface area contributed by atoms with E-state index in [2.05, 4.69) is 35.1 Å². The molecule has 0 bridgehead atoms. The van der Waals surface area contributed by atoms with E-state index in [-0.39, 0.29) is 0 Å². The maximum Gasteiger partial charge on any atom is 0.119 e. The highest BCUT2D eigenvalue weighted by atomic mass is 16.5. The first kappa shape index (κ1) is 14.6. The van der Waals surface area contributed by atoms with Gasteiger partial charge in [-0.3, -0.25) is 9.99 Å². The maximum absolute atomic E-state index is 5.49. The van der Waals surface area contributed by atoms with Crippen molar-refractivity contribution in [3.05, 3.63) is 54.4 Å². The minimum absolute atomic E-state index is 0.441. The summed E-state index contributed by atoms with van der Waals surface area (Å²) in [5, 5.41) is 6.90. The Bertz CT molecular complexity index is 637. The fourth-order valence-corrected chi connectivity index (χ4v) is 2.72. The fraction of sp³-hybridized carbons (Fsp3) is 0.333. The second-order valence-corrected chi connectivity index (χ2v) is 5.34. The Labute approximate surface area is 131 Å². The van der Waals surface area contributed by atoms with Crippen LogP contribution in [0.2, 0.25) is 0 Å². The van der Waals surface area contributed by atoms with E-state index < -0.39 is 0 Å². The molecule has 3 rings (SSSR count). The Kier molecular flexibility index (Phi) is 4.37. The van der Waals surface area contributed by atoms with Crippen LogP contribution in [0.25, 0.3) is 0 Å². The lowest BCUT2D eigenvalue weighted by atomic mass is 9.96. The second-order valence-electron chi connectivity index (χ2n) is 5.34. The first-order valence-corrected chi connectivity index (χ1v) is 7.81. The van der Waals surface area contributed by atoms with Gasteiger partial charge in [0.15, 0.2) is 0 Å². The van der Waals surface area contributed by atoms with Gasteiger partial charge in [0.25, 0.3) is 0 Å². The molecular formula is C18H21N3O. The van der Waals surface area contributed by atoms with Crippen molar-refractivity contribution in [2.24, 2.45) is 11.0 Å². The summed E-state index contributed by atoms with van der Waals surface area (Å²) < 4.78 is 5.49. The number of hydrogen-bond donors (Lipinski definition) is 0. The Hall–Kier alpha value is -2.36. The molecule has 2 aromatic rings. The van der Waals surface area contributed by atoms with Gasteiger partial charge in [-0.15, -0.1) is 0 Å². The van der Waals surface area contributed by atoms with Crippen LogP contribution in [-0.4, -0.2) is 23.8 Å². The normalized spacial score (nSPS) is 17.5. The first-order chi connectivity index (χ1) is 10.8. The van der Waals surface area contributed by atoms with E-state index in [1.165, 1.54) is 0 Å². The SMILES string of the molecule is CCOc1ccc(N2CC(CC)C(c3cccnc3)=N2)cc1. The maximum atomic E-state index is 5.49. The molecule has 0 saturated carbocycles. The molecule has 1 aliphatic heterocycles. The monoisotopic (exact) mass is 295 g/mol. The summed E-state index contributed by atoms with van der Waals surface area (Å²) >= 11 is 0. The van der Waals surface area contributed by atoms with Crippen LogP contribution in [0.15, 0.2) is 53.9 Å². The number of anilines is 1. The lowest BCUT2D eigenvalue weighted by Gasteiger charge is -2.15. The topological polar surface area (TPSA) is 37.7 Å². The highest BCUT2D eigenvalue weighted by Crippen LogP contribution is 2.28. The van der Waals surface area contributed by atoms with Gasteiger partial charge in [0.05, 0.1) is 24.6 Å². The van der Waals surface area contributed by atoms with Gasteiger partial charge in [-0.1, -0.05) is 6.92 Å². The van der Waals surface area contributed by atoms with E-state index in [9.17, 15) is 0 Å². The highest BCUT2D eigenvalue weighted by molar-refractivity contribution is 6.04. The molecule has 1 atom stereocenters. The summed E-state index contributed by atoms with van der Waals surface area (Å²) in [5.41, 5.74) is 3.34. The zero-order valence-corrected chi connectivity index (χ0v) is 13.1. The van der Waals surface area contributed by atoms with Gasteiger partial charge in [0.2, 0.25) is 0 Å². The van der Waals surface area contributed by atoms with Crippen LogP contribution >= 0.6 is 0 Å². The average molecular weight is 295 g/mol. The third-order valence-corrected chi connectivity index (χ3v) is 3.90. The summed E-state index contributed by atoms with van der Waals surface area (Å²) in [7, 11) is 0. The molecule has 0 amide bonds. The Balaban J connectivity index is 1.85. The predicted octanol–water partition coefficient (Wildman–Crippen LogP) is 3.73. The number of benzene rings is 1. The molecule has 4 nitrogen and oxygen atoms in total. The highest BCUT2D eigenvalue weighted by Gasteiger charge is 2.27. The largest absolute Gasteiger partial charge is 0.494 e. The Morgan fingerprint density at radius 3 is 2.64 bits per heavy atom. The average Bonchev–Trinajstić information content (AvgIpc) is 3.01. The summed E-state index contributed by atoms with van der Waals surface area (Å²) in [6.45, 7) is 5.79. The van der Waals surface area contributed by atoms with Crippen LogP contribution in [0.4, 0.5) is 5.69 Å². The van der Waals surface area contributed by atoms with Crippen LogP contribution in [0.5, 0.6) is 5.75 Å². The van der Waals surface area contributed by atoms with Crippen molar-refractivity contribution >= 4 is 11.4 Å². The summed E-state index contributed by atoms with van der Waals surface area (Å²) in [5.74, 6) is 1.34. The lowest BCUT2D eigenvalue weighted by Crippen LogP contribution is -2.19. The summed E-state index contributed by atoms with van der Waals surface area (Å²) in [6.07, 6.45) is 4.76. The number of hydrogen-bond acceptors (Lipinski definition) is 4. The summed E-state index contributed by atoms with van der Waals surface area (Å²) in [6, 6.07) is 12.2. The molecule has 4 heteroatoms. The molecule has 2 heterocycles. The minimum Gasteiger partial charge on any atom is -0.494 e. The smallest absolute Gasteiger partial charge is 0.119 e. The van der Waals surface area contributed by atoms with E-state index in [4.69, 9.17) is 9.84 Å². The van der Waals surface area contributed by atoms with Gasteiger partial charge >= 0.3 is 0 Å². The third kappa shape index (κ3) is 2.96. The molecule has 0 aliphatic carbocycles. The molecule has 114 valence electrons. The number of nitrogens with zero attached hydrogens (tertiary/aromatic N) is 3. The minimum atomic E-state index is 0.441. The molecule has 0 N–H and O–H groups in total. The third-order valence-electron chi connectivity index (χ3n) is 3.90. The molecule has 0 spiro atoms. The van der Waals surface area contributed by atoms with E-state index in [0.29, 0.717) is 12.5 Å². The fourth-order valence-electron chi connectivity index (χ4n) is 2.72. The van der Waals surface area contributed by atoms with E-state index in [1.54, 1.807) is 6.20 Å². The van der Waals surface area contributed by atoms with E-state index in [1.807, 2.05) is 31.3 Å². The van der Waals surface area contributed by atoms with Crippen molar-refractivity contribution in [1.29, 1.82) is 0 Å². The summed E-state index contributed by atoms with van der Waals surface area (Å²) in [4.78, 5) is 4.21. The van der Waals surface area contributed by atoms with Crippen LogP contribution in [0.3, 0.4) is 0 Å². The number of rotatable bonds is 5. The number of pyridine rings is 1. The Morgan fingerprint density at radius 2 is 2.00 bits per heavy atom. The van der Waals surface area contributed by atoms with Crippen molar-refractivity contribution in [2.45, 2.75) is 20.3 Å². The molecule has 1 aromatic carbocycles. The number of hydrazone groups is 1.